The summed E-state index contributed by atoms with van der Waals surface area (Å²) in [6.07, 6.45) is 0. The van der Waals surface area contributed by atoms with Crippen LogP contribution in [0.2, 0.25) is 0 Å². The maximum absolute atomic E-state index is 10.2. The maximum atomic E-state index is 10.2. The quantitative estimate of drug-likeness (QED) is 0.520. The number of nitrogens with one attached hydrogen (secondary N) is 1. The number of amides is 1. The van der Waals surface area contributed by atoms with Crippen LogP contribution < -0.4 is 5.32 Å². The number of carbonyl (C=O) groups excluding carboxylic acids is 1. The molecule has 0 aromatic carbocycles. The van der Waals surface area contributed by atoms with Gasteiger partial charge in [0.15, 0.2) is 0 Å². The fourth-order valence-corrected chi connectivity index (χ4v) is 0.337. The third-order valence-electron chi connectivity index (χ3n) is 0.613. The second kappa shape index (κ2) is 3.03. The van der Waals surface area contributed by atoms with Gasteiger partial charge in [0.25, 0.3) is 0 Å². The summed E-state index contributed by atoms with van der Waals surface area (Å²) in [4.78, 5) is 10.2. The van der Waals surface area contributed by atoms with Gasteiger partial charge in [-0.3, -0.25) is 4.79 Å². The van der Waals surface area contributed by atoms with Crippen LogP contribution in [0.15, 0.2) is 0 Å². The van der Waals surface area contributed by atoms with E-state index in [-0.39, 0.29) is 11.9 Å². The van der Waals surface area contributed by atoms with Gasteiger partial charge in [-0.15, -0.1) is 0 Å². The predicted molar refractivity (Wildman–Crippen MR) is 28.9 cm³/mol. The molecule has 3 nitrogen and oxygen atoms in total. The van der Waals surface area contributed by atoms with Crippen molar-refractivity contribution in [3.8, 4) is 6.07 Å². The van der Waals surface area contributed by atoms with Crippen LogP contribution in [-0.4, -0.2) is 11.9 Å². The number of carbonyl (C=O) groups is 1. The highest BCUT2D eigenvalue weighted by Gasteiger charge is 1.96. The van der Waals surface area contributed by atoms with E-state index in [1.165, 1.54) is 6.92 Å². The minimum absolute atomic E-state index is 0.168. The zero-order chi connectivity index (χ0) is 6.57. The Hall–Kier alpha value is -1.04. The molecule has 0 aliphatic carbocycles. The Morgan fingerprint density at radius 2 is 2.38 bits per heavy atom. The molecule has 44 valence electrons. The minimum atomic E-state index is -0.368. The molecule has 0 bridgehead atoms. The topological polar surface area (TPSA) is 52.9 Å². The molecular weight excluding hydrogens is 104 g/mol. The van der Waals surface area contributed by atoms with Crippen LogP contribution >= 0.6 is 0 Å². The average molecular weight is 112 g/mol. The van der Waals surface area contributed by atoms with Gasteiger partial charge in [0.2, 0.25) is 5.91 Å². The van der Waals surface area contributed by atoms with Gasteiger partial charge < -0.3 is 5.32 Å². The Bertz CT molecular complexity index is 125. The first-order valence-electron chi connectivity index (χ1n) is 2.33. The third kappa shape index (κ3) is 3.16. The van der Waals surface area contributed by atoms with Gasteiger partial charge in [0.1, 0.15) is 6.04 Å². The standard InChI is InChI=1S/C5H8N2O/c1-4(3-6)7-5(2)8/h4H,1-2H3,(H,7,8)/t4-/m0/s1. The van der Waals surface area contributed by atoms with Crippen molar-refractivity contribution in [1.29, 1.82) is 5.26 Å². The summed E-state index contributed by atoms with van der Waals surface area (Å²) in [5.74, 6) is -0.168. The molecule has 0 heterocycles. The second-order valence-corrected chi connectivity index (χ2v) is 1.55. The van der Waals surface area contributed by atoms with E-state index in [4.69, 9.17) is 5.26 Å². The summed E-state index contributed by atoms with van der Waals surface area (Å²) >= 11 is 0. The van der Waals surface area contributed by atoms with Crippen LogP contribution in [-0.2, 0) is 4.79 Å². The molecule has 1 N–H and O–H groups in total. The molecule has 0 rings (SSSR count). The van der Waals surface area contributed by atoms with Gasteiger partial charge in [0.05, 0.1) is 6.07 Å². The SMILES string of the molecule is CC(=O)N[C@@H](C)C#N. The zero-order valence-corrected chi connectivity index (χ0v) is 4.93. The van der Waals surface area contributed by atoms with Crippen LogP contribution in [0.5, 0.6) is 0 Å². The molecule has 8 heavy (non-hydrogen) atoms. The molecule has 0 radical (unpaired) electrons. The van der Waals surface area contributed by atoms with Gasteiger partial charge in [0, 0.05) is 6.92 Å². The fourth-order valence-electron chi connectivity index (χ4n) is 0.337. The highest BCUT2D eigenvalue weighted by molar-refractivity contribution is 5.73. The smallest absolute Gasteiger partial charge is 0.217 e. The first kappa shape index (κ1) is 6.96. The van der Waals surface area contributed by atoms with E-state index in [2.05, 4.69) is 5.32 Å². The Kier molecular flexibility index (Phi) is 2.63. The summed E-state index contributed by atoms with van der Waals surface area (Å²) in [7, 11) is 0. The van der Waals surface area contributed by atoms with Crippen molar-refractivity contribution in [3.05, 3.63) is 0 Å². The molecule has 0 spiro atoms. The normalized spacial score (nSPS) is 11.6. The van der Waals surface area contributed by atoms with E-state index in [0.29, 0.717) is 0 Å². The number of hydrogen-bond acceptors (Lipinski definition) is 2. The molecular formula is C5H8N2O. The van der Waals surface area contributed by atoms with E-state index < -0.39 is 0 Å². The van der Waals surface area contributed by atoms with E-state index >= 15 is 0 Å². The first-order chi connectivity index (χ1) is 3.66. The van der Waals surface area contributed by atoms with Gasteiger partial charge in [-0.2, -0.15) is 5.26 Å². The second-order valence-electron chi connectivity index (χ2n) is 1.55. The Balaban J connectivity index is 3.43. The largest absolute Gasteiger partial charge is 0.341 e. The van der Waals surface area contributed by atoms with Crippen LogP contribution in [0.4, 0.5) is 0 Å². The summed E-state index contributed by atoms with van der Waals surface area (Å²) < 4.78 is 0. The van der Waals surface area contributed by atoms with E-state index in [1.807, 2.05) is 6.07 Å². The van der Waals surface area contributed by atoms with Crippen molar-refractivity contribution in [2.75, 3.05) is 0 Å². The average Bonchev–Trinajstić information content (AvgIpc) is 1.65. The lowest BCUT2D eigenvalue weighted by Gasteiger charge is -1.99. The number of nitrogens with zero attached hydrogens (tertiary/aromatic N) is 1. The van der Waals surface area contributed by atoms with Crippen molar-refractivity contribution in [3.63, 3.8) is 0 Å². The molecule has 0 unspecified atom stereocenters. The van der Waals surface area contributed by atoms with Gasteiger partial charge in [-0.05, 0) is 6.92 Å². The molecule has 1 atom stereocenters. The number of rotatable bonds is 1. The van der Waals surface area contributed by atoms with E-state index in [1.54, 1.807) is 6.92 Å². The van der Waals surface area contributed by atoms with Crippen LogP contribution in [0.3, 0.4) is 0 Å². The maximum Gasteiger partial charge on any atom is 0.217 e. The first-order valence-corrected chi connectivity index (χ1v) is 2.33. The third-order valence-corrected chi connectivity index (χ3v) is 0.613. The van der Waals surface area contributed by atoms with E-state index in [0.717, 1.165) is 0 Å². The van der Waals surface area contributed by atoms with Crippen molar-refractivity contribution in [2.45, 2.75) is 19.9 Å². The van der Waals surface area contributed by atoms with E-state index in [9.17, 15) is 4.79 Å². The number of hydrogen-bond donors (Lipinski definition) is 1. The highest BCUT2D eigenvalue weighted by Crippen LogP contribution is 1.73. The molecule has 0 aliphatic rings. The molecule has 0 fully saturated rings. The lowest BCUT2D eigenvalue weighted by Crippen LogP contribution is -2.28. The zero-order valence-electron chi connectivity index (χ0n) is 4.93. The summed E-state index contributed by atoms with van der Waals surface area (Å²) in [6.45, 7) is 3.01. The monoisotopic (exact) mass is 112 g/mol. The highest BCUT2D eigenvalue weighted by atomic mass is 16.1. The lowest BCUT2D eigenvalue weighted by atomic mass is 10.4. The summed E-state index contributed by atoms with van der Waals surface area (Å²) in [6, 6.07) is 1.50. The lowest BCUT2D eigenvalue weighted by molar-refractivity contribution is -0.119. The van der Waals surface area contributed by atoms with Crippen molar-refractivity contribution in [2.24, 2.45) is 0 Å². The van der Waals surface area contributed by atoms with Gasteiger partial charge >= 0.3 is 0 Å². The molecule has 0 saturated carbocycles. The predicted octanol–water partition coefficient (Wildman–Crippen LogP) is 0.0346. The van der Waals surface area contributed by atoms with Crippen molar-refractivity contribution >= 4 is 5.91 Å². The molecule has 3 heteroatoms. The van der Waals surface area contributed by atoms with Crippen molar-refractivity contribution < 1.29 is 4.79 Å². The molecule has 0 aromatic rings. The number of nitriles is 1. The Morgan fingerprint density at radius 1 is 1.88 bits per heavy atom. The molecule has 0 aliphatic heterocycles. The molecule has 0 saturated heterocycles. The summed E-state index contributed by atoms with van der Waals surface area (Å²) in [5.41, 5.74) is 0. The Labute approximate surface area is 48.3 Å². The van der Waals surface area contributed by atoms with Crippen LogP contribution in [0.25, 0.3) is 0 Å². The molecule has 0 aromatic heterocycles. The minimum Gasteiger partial charge on any atom is -0.341 e. The Morgan fingerprint density at radius 3 is 2.50 bits per heavy atom. The van der Waals surface area contributed by atoms with Crippen LogP contribution in [0, 0.1) is 11.3 Å². The molecule has 1 amide bonds. The fraction of sp³-hybridized carbons (Fsp3) is 0.600. The van der Waals surface area contributed by atoms with Crippen molar-refractivity contribution in [1.82, 2.24) is 5.32 Å². The summed E-state index contributed by atoms with van der Waals surface area (Å²) in [5, 5.41) is 10.5. The van der Waals surface area contributed by atoms with Gasteiger partial charge in [-0.1, -0.05) is 0 Å². The van der Waals surface area contributed by atoms with Crippen LogP contribution in [0.1, 0.15) is 13.8 Å². The van der Waals surface area contributed by atoms with Gasteiger partial charge in [-0.25, -0.2) is 0 Å².